The van der Waals surface area contributed by atoms with Gasteiger partial charge < -0.3 is 9.47 Å². The van der Waals surface area contributed by atoms with Crippen LogP contribution in [0.2, 0.25) is 0 Å². The van der Waals surface area contributed by atoms with E-state index in [0.717, 1.165) is 18.4 Å². The van der Waals surface area contributed by atoms with Crippen molar-refractivity contribution in [1.29, 1.82) is 0 Å². The summed E-state index contributed by atoms with van der Waals surface area (Å²) in [6.07, 6.45) is 3.55. The van der Waals surface area contributed by atoms with Crippen molar-refractivity contribution in [1.82, 2.24) is 24.0 Å². The van der Waals surface area contributed by atoms with Gasteiger partial charge in [-0.2, -0.15) is 4.31 Å². The van der Waals surface area contributed by atoms with Gasteiger partial charge in [0.05, 0.1) is 10.6 Å². The van der Waals surface area contributed by atoms with Gasteiger partial charge in [0.1, 0.15) is 6.33 Å². The topological polar surface area (TPSA) is 88.4 Å². The smallest absolute Gasteiger partial charge is 0.243 e. The molecule has 0 unspecified atom stereocenters. The maximum absolute atomic E-state index is 12.9. The van der Waals surface area contributed by atoms with Crippen LogP contribution in [0.25, 0.3) is 0 Å². The number of carbonyl (C=O) groups is 1. The zero-order chi connectivity index (χ0) is 20.1. The van der Waals surface area contributed by atoms with Crippen LogP contribution in [0.5, 0.6) is 0 Å². The number of aryl methyl sites for hydroxylation is 2. The summed E-state index contributed by atoms with van der Waals surface area (Å²) in [5.41, 5.74) is 1.14. The standard InChI is InChI=1S/C18H25N5O3S2/c1-3-4-15-5-7-16(8-6-15)28(25,26)23-11-9-22(10-12-23)17(24)13-27-18-20-19-14-21(18)2/h5-8,14H,3-4,9-13H2,1-2H3. The predicted octanol–water partition coefficient (Wildman–Crippen LogP) is 1.39. The van der Waals surface area contributed by atoms with Gasteiger partial charge in [-0.15, -0.1) is 10.2 Å². The van der Waals surface area contributed by atoms with Crippen LogP contribution in [0.4, 0.5) is 0 Å². The molecule has 10 heteroatoms. The number of rotatable bonds is 7. The second kappa shape index (κ2) is 9.06. The van der Waals surface area contributed by atoms with Gasteiger partial charge in [-0.05, 0) is 24.1 Å². The van der Waals surface area contributed by atoms with Crippen molar-refractivity contribution in [2.45, 2.75) is 29.8 Å². The lowest BCUT2D eigenvalue weighted by molar-refractivity contribution is -0.129. The Labute approximate surface area is 170 Å². The molecule has 1 aromatic carbocycles. The normalized spacial score (nSPS) is 15.7. The maximum atomic E-state index is 12.9. The molecule has 8 nitrogen and oxygen atoms in total. The van der Waals surface area contributed by atoms with E-state index in [1.807, 2.05) is 19.2 Å². The first kappa shape index (κ1) is 20.8. The molecule has 1 aromatic heterocycles. The molecule has 1 aliphatic heterocycles. The third kappa shape index (κ3) is 4.73. The third-order valence-electron chi connectivity index (χ3n) is 4.69. The average molecular weight is 424 g/mol. The zero-order valence-corrected chi connectivity index (χ0v) is 17.7. The molecule has 1 saturated heterocycles. The van der Waals surface area contributed by atoms with Crippen LogP contribution in [0.1, 0.15) is 18.9 Å². The van der Waals surface area contributed by atoms with Gasteiger partial charge in [0, 0.05) is 33.2 Å². The number of benzene rings is 1. The minimum Gasteiger partial charge on any atom is -0.339 e. The molecule has 1 amide bonds. The molecule has 0 spiro atoms. The number of amides is 1. The molecule has 152 valence electrons. The van der Waals surface area contributed by atoms with Crippen molar-refractivity contribution in [2.24, 2.45) is 7.05 Å². The third-order valence-corrected chi connectivity index (χ3v) is 7.62. The second-order valence-corrected chi connectivity index (χ2v) is 9.57. The molecule has 0 atom stereocenters. The lowest BCUT2D eigenvalue weighted by atomic mass is 10.1. The fourth-order valence-electron chi connectivity index (χ4n) is 3.06. The summed E-state index contributed by atoms with van der Waals surface area (Å²) in [5.74, 6) is 0.243. The van der Waals surface area contributed by atoms with Crippen LogP contribution in [0.3, 0.4) is 0 Å². The van der Waals surface area contributed by atoms with Crippen molar-refractivity contribution in [3.8, 4) is 0 Å². The highest BCUT2D eigenvalue weighted by Gasteiger charge is 2.30. The minimum absolute atomic E-state index is 0.0195. The molecular formula is C18H25N5O3S2. The number of sulfonamides is 1. The Hall–Kier alpha value is -1.91. The number of piperazine rings is 1. The van der Waals surface area contributed by atoms with Crippen LogP contribution in [-0.2, 0) is 28.3 Å². The van der Waals surface area contributed by atoms with E-state index in [4.69, 9.17) is 0 Å². The highest BCUT2D eigenvalue weighted by Crippen LogP contribution is 2.20. The summed E-state index contributed by atoms with van der Waals surface area (Å²) < 4.78 is 28.9. The highest BCUT2D eigenvalue weighted by atomic mass is 32.2. The van der Waals surface area contributed by atoms with Gasteiger partial charge >= 0.3 is 0 Å². The Balaban J connectivity index is 1.55. The predicted molar refractivity (Wildman–Crippen MR) is 108 cm³/mol. The highest BCUT2D eigenvalue weighted by molar-refractivity contribution is 7.99. The number of carbonyl (C=O) groups excluding carboxylic acids is 1. The van der Waals surface area contributed by atoms with E-state index in [0.29, 0.717) is 36.2 Å². The quantitative estimate of drug-likeness (QED) is 0.626. The Morgan fingerprint density at radius 2 is 1.82 bits per heavy atom. The molecule has 2 aromatic rings. The second-order valence-electron chi connectivity index (χ2n) is 6.69. The van der Waals surface area contributed by atoms with Crippen LogP contribution in [-0.4, -0.2) is 70.2 Å². The van der Waals surface area contributed by atoms with Gasteiger partial charge in [0.15, 0.2) is 5.16 Å². The SMILES string of the molecule is CCCc1ccc(S(=O)(=O)N2CCN(C(=O)CSc3nncn3C)CC2)cc1. The van der Waals surface area contributed by atoms with E-state index < -0.39 is 10.0 Å². The summed E-state index contributed by atoms with van der Waals surface area (Å²) >= 11 is 1.33. The summed E-state index contributed by atoms with van der Waals surface area (Å²) in [4.78, 5) is 14.4. The van der Waals surface area contributed by atoms with Crippen molar-refractivity contribution < 1.29 is 13.2 Å². The van der Waals surface area contributed by atoms with E-state index in [9.17, 15) is 13.2 Å². The molecule has 0 N–H and O–H groups in total. The van der Waals surface area contributed by atoms with E-state index in [-0.39, 0.29) is 11.7 Å². The average Bonchev–Trinajstić information content (AvgIpc) is 3.12. The molecule has 3 rings (SSSR count). The fourth-order valence-corrected chi connectivity index (χ4v) is 5.28. The monoisotopic (exact) mass is 423 g/mol. The molecule has 1 fully saturated rings. The van der Waals surface area contributed by atoms with Gasteiger partial charge in [-0.1, -0.05) is 37.2 Å². The first-order chi connectivity index (χ1) is 13.4. The summed E-state index contributed by atoms with van der Waals surface area (Å²) in [6, 6.07) is 7.10. The van der Waals surface area contributed by atoms with E-state index >= 15 is 0 Å². The van der Waals surface area contributed by atoms with Crippen LogP contribution >= 0.6 is 11.8 Å². The minimum atomic E-state index is -3.53. The number of aromatic nitrogens is 3. The van der Waals surface area contributed by atoms with Crippen molar-refractivity contribution >= 4 is 27.7 Å². The number of thioether (sulfide) groups is 1. The van der Waals surface area contributed by atoms with Gasteiger partial charge in [0.2, 0.25) is 15.9 Å². The lowest BCUT2D eigenvalue weighted by Crippen LogP contribution is -2.50. The number of nitrogens with zero attached hydrogens (tertiary/aromatic N) is 5. The number of hydrogen-bond acceptors (Lipinski definition) is 6. The lowest BCUT2D eigenvalue weighted by Gasteiger charge is -2.34. The molecule has 0 aliphatic carbocycles. The van der Waals surface area contributed by atoms with Crippen molar-refractivity contribution in [2.75, 3.05) is 31.9 Å². The zero-order valence-electron chi connectivity index (χ0n) is 16.1. The van der Waals surface area contributed by atoms with E-state index in [1.165, 1.54) is 16.1 Å². The largest absolute Gasteiger partial charge is 0.339 e. The Morgan fingerprint density at radius 1 is 1.14 bits per heavy atom. The molecule has 1 aliphatic rings. The molecule has 0 saturated carbocycles. The summed E-state index contributed by atoms with van der Waals surface area (Å²) in [7, 11) is -1.70. The van der Waals surface area contributed by atoms with Crippen LogP contribution in [0.15, 0.2) is 40.6 Å². The summed E-state index contributed by atoms with van der Waals surface area (Å²) in [5, 5.41) is 8.42. The van der Waals surface area contributed by atoms with Gasteiger partial charge in [-0.25, -0.2) is 8.42 Å². The molecule has 0 bridgehead atoms. The van der Waals surface area contributed by atoms with Crippen LogP contribution < -0.4 is 0 Å². The number of hydrogen-bond donors (Lipinski definition) is 0. The van der Waals surface area contributed by atoms with Crippen molar-refractivity contribution in [3.63, 3.8) is 0 Å². The molecule has 0 radical (unpaired) electrons. The van der Waals surface area contributed by atoms with Gasteiger partial charge in [-0.3, -0.25) is 4.79 Å². The van der Waals surface area contributed by atoms with Crippen LogP contribution in [0, 0.1) is 0 Å². The van der Waals surface area contributed by atoms with E-state index in [2.05, 4.69) is 17.1 Å². The summed E-state index contributed by atoms with van der Waals surface area (Å²) in [6.45, 7) is 3.49. The Kier molecular flexibility index (Phi) is 6.73. The molecular weight excluding hydrogens is 398 g/mol. The Morgan fingerprint density at radius 3 is 2.39 bits per heavy atom. The maximum Gasteiger partial charge on any atom is 0.243 e. The molecule has 28 heavy (non-hydrogen) atoms. The Bertz CT molecular complexity index is 904. The van der Waals surface area contributed by atoms with Gasteiger partial charge in [0.25, 0.3) is 0 Å². The fraction of sp³-hybridized carbons (Fsp3) is 0.500. The van der Waals surface area contributed by atoms with E-state index in [1.54, 1.807) is 27.9 Å². The van der Waals surface area contributed by atoms with Crippen molar-refractivity contribution in [3.05, 3.63) is 36.2 Å². The molecule has 2 heterocycles. The first-order valence-corrected chi connectivity index (χ1v) is 11.7. The first-order valence-electron chi connectivity index (χ1n) is 9.25.